The summed E-state index contributed by atoms with van der Waals surface area (Å²) in [5, 5.41) is 23.7. The number of hydrogen-bond donors (Lipinski definition) is 5. The Morgan fingerprint density at radius 3 is 1.62 bits per heavy atom. The first kappa shape index (κ1) is 48.9. The SMILES string of the molecule is C.C#C.CC(C)(CO)CCCN.CC(C)(CO)CCCNC(=O)NCCCCc1ccccc1.O=CC=NCCCCc1ccccc1. The summed E-state index contributed by atoms with van der Waals surface area (Å²) in [6.07, 6.45) is 20.2. The van der Waals surface area contributed by atoms with Crippen LogP contribution in [0.5, 0.6) is 0 Å². The summed E-state index contributed by atoms with van der Waals surface area (Å²) in [4.78, 5) is 25.4. The summed E-state index contributed by atoms with van der Waals surface area (Å²) in [6.45, 7) is 11.4. The maximum Gasteiger partial charge on any atom is 0.314 e. The Kier molecular flexibility index (Phi) is 34.0. The molecule has 0 aliphatic heterocycles. The predicted molar refractivity (Wildman–Crippen MR) is 205 cm³/mol. The average Bonchev–Trinajstić information content (AvgIpc) is 3.09. The Morgan fingerprint density at radius 1 is 0.750 bits per heavy atom. The van der Waals surface area contributed by atoms with Crippen LogP contribution in [0.4, 0.5) is 4.79 Å². The molecule has 272 valence electrons. The molecule has 0 radical (unpaired) electrons. The van der Waals surface area contributed by atoms with Crippen molar-refractivity contribution in [2.45, 2.75) is 99.3 Å². The summed E-state index contributed by atoms with van der Waals surface area (Å²) in [6, 6.07) is 20.7. The maximum absolute atomic E-state index is 11.6. The minimum absolute atomic E-state index is 0. The molecule has 2 aromatic carbocycles. The Hall–Kier alpha value is -3.51. The van der Waals surface area contributed by atoms with E-state index in [9.17, 15) is 9.59 Å². The molecule has 8 heteroatoms. The van der Waals surface area contributed by atoms with Gasteiger partial charge in [-0.25, -0.2) is 4.79 Å². The fraction of sp³-hybridized carbons (Fsp3) is 0.575. The number of benzene rings is 2. The van der Waals surface area contributed by atoms with Gasteiger partial charge in [0.05, 0.1) is 6.21 Å². The topological polar surface area (TPSA) is 137 Å². The lowest BCUT2D eigenvalue weighted by atomic mass is 9.89. The van der Waals surface area contributed by atoms with Crippen molar-refractivity contribution in [3.05, 3.63) is 71.8 Å². The van der Waals surface area contributed by atoms with Crippen LogP contribution in [0, 0.1) is 23.7 Å². The molecule has 0 aliphatic carbocycles. The van der Waals surface area contributed by atoms with Gasteiger partial charge in [-0.2, -0.15) is 0 Å². The van der Waals surface area contributed by atoms with Gasteiger partial charge in [-0.3, -0.25) is 9.79 Å². The van der Waals surface area contributed by atoms with Crippen LogP contribution in [-0.2, 0) is 17.6 Å². The number of aliphatic hydroxyl groups excluding tert-OH is 2. The third-order valence-electron chi connectivity index (χ3n) is 7.26. The molecule has 48 heavy (non-hydrogen) atoms. The van der Waals surface area contributed by atoms with Gasteiger partial charge in [-0.15, -0.1) is 12.8 Å². The molecule has 2 aromatic rings. The van der Waals surface area contributed by atoms with Crippen molar-refractivity contribution in [2.75, 3.05) is 39.4 Å². The van der Waals surface area contributed by atoms with Crippen molar-refractivity contribution < 1.29 is 19.8 Å². The van der Waals surface area contributed by atoms with E-state index in [-0.39, 0.29) is 37.5 Å². The largest absolute Gasteiger partial charge is 0.396 e. The monoisotopic (exact) mass is 669 g/mol. The maximum atomic E-state index is 11.6. The van der Waals surface area contributed by atoms with Gasteiger partial charge in [0, 0.05) is 32.8 Å². The summed E-state index contributed by atoms with van der Waals surface area (Å²) >= 11 is 0. The second-order valence-electron chi connectivity index (χ2n) is 12.9. The molecule has 0 spiro atoms. The number of urea groups is 1. The molecule has 0 unspecified atom stereocenters. The van der Waals surface area contributed by atoms with Crippen molar-refractivity contribution in [2.24, 2.45) is 21.6 Å². The first-order valence-corrected chi connectivity index (χ1v) is 16.9. The van der Waals surface area contributed by atoms with Crippen molar-refractivity contribution in [1.29, 1.82) is 0 Å². The third-order valence-corrected chi connectivity index (χ3v) is 7.26. The molecule has 0 aliphatic rings. The molecule has 0 saturated heterocycles. The second-order valence-corrected chi connectivity index (χ2v) is 12.9. The fourth-order valence-corrected chi connectivity index (χ4v) is 4.17. The number of nitrogens with two attached hydrogens (primary N) is 1. The number of aryl methyl sites for hydroxylation is 2. The smallest absolute Gasteiger partial charge is 0.314 e. The average molecular weight is 669 g/mol. The van der Waals surface area contributed by atoms with E-state index in [1.54, 1.807) is 0 Å². The van der Waals surface area contributed by atoms with Crippen LogP contribution in [0.1, 0.15) is 97.6 Å². The highest BCUT2D eigenvalue weighted by molar-refractivity contribution is 6.12. The highest BCUT2D eigenvalue weighted by Crippen LogP contribution is 2.20. The van der Waals surface area contributed by atoms with E-state index in [4.69, 9.17) is 15.9 Å². The number of nitrogens with one attached hydrogen (secondary N) is 2. The van der Waals surface area contributed by atoms with E-state index in [1.807, 2.05) is 39.8 Å². The molecule has 2 amide bonds. The normalized spacial score (nSPS) is 10.5. The van der Waals surface area contributed by atoms with Crippen LogP contribution >= 0.6 is 0 Å². The van der Waals surface area contributed by atoms with Crippen molar-refractivity contribution in [1.82, 2.24) is 10.6 Å². The number of amides is 2. The molecular formula is C40H68N4O4. The van der Waals surface area contributed by atoms with E-state index in [0.717, 1.165) is 83.6 Å². The minimum Gasteiger partial charge on any atom is -0.396 e. The van der Waals surface area contributed by atoms with E-state index in [0.29, 0.717) is 13.1 Å². The summed E-state index contributed by atoms with van der Waals surface area (Å²) in [5.41, 5.74) is 8.03. The van der Waals surface area contributed by atoms with E-state index < -0.39 is 0 Å². The predicted octanol–water partition coefficient (Wildman–Crippen LogP) is 7.02. The van der Waals surface area contributed by atoms with Crippen molar-refractivity contribution in [3.8, 4) is 12.8 Å². The first-order valence-electron chi connectivity index (χ1n) is 16.9. The number of hydrogen-bond acceptors (Lipinski definition) is 6. The van der Waals surface area contributed by atoms with E-state index in [2.05, 4.69) is 77.0 Å². The van der Waals surface area contributed by atoms with Gasteiger partial charge >= 0.3 is 6.03 Å². The van der Waals surface area contributed by atoms with Gasteiger partial charge in [0.2, 0.25) is 0 Å². The highest BCUT2D eigenvalue weighted by atomic mass is 16.3. The number of aliphatic imine (C=N–C) groups is 1. The number of carbonyl (C=O) groups is 2. The molecule has 0 fully saturated rings. The Labute approximate surface area is 293 Å². The molecule has 0 heterocycles. The highest BCUT2D eigenvalue weighted by Gasteiger charge is 2.15. The molecule has 0 aromatic heterocycles. The molecule has 2 rings (SSSR count). The zero-order valence-corrected chi connectivity index (χ0v) is 29.6. The summed E-state index contributed by atoms with van der Waals surface area (Å²) in [5.74, 6) is 0. The van der Waals surface area contributed by atoms with Gasteiger partial charge in [-0.05, 0) is 92.7 Å². The number of nitrogens with zero attached hydrogens (tertiary/aromatic N) is 1. The number of carbonyl (C=O) groups excluding carboxylic acids is 2. The number of aliphatic hydroxyl groups is 2. The van der Waals surface area contributed by atoms with Gasteiger partial charge in [0.15, 0.2) is 6.29 Å². The number of terminal acetylenes is 1. The molecule has 6 N–H and O–H groups in total. The molecule has 0 atom stereocenters. The number of unbranched alkanes of at least 4 members (excludes halogenated alkanes) is 2. The lowest BCUT2D eigenvalue weighted by Crippen LogP contribution is -2.36. The first-order chi connectivity index (χ1) is 22.6. The number of aldehydes is 1. The zero-order valence-electron chi connectivity index (χ0n) is 29.6. The standard InChI is InChI=1S/C18H30N2O2.C12H15NO.C7H17NO.C2H2.CH4/c1-18(2,15-21)12-8-14-20-17(22)19-13-7-6-11-16-9-4-3-5-10-16;14-11-10-13-9-5-4-8-12-6-2-1-3-7-12;1-7(2,6-9)4-3-5-8;1-2;/h3-5,9-10,21H,6-8,11-15H2,1-2H3,(H2,19,20,22);1-3,6-7,10-11H,4-5,8-9H2;9H,3-6,8H2,1-2H3;1-2H;1H4. The summed E-state index contributed by atoms with van der Waals surface area (Å²) in [7, 11) is 0. The molecule has 8 nitrogen and oxygen atoms in total. The minimum atomic E-state index is -0.0958. The van der Waals surface area contributed by atoms with Crippen molar-refractivity contribution in [3.63, 3.8) is 0 Å². The third kappa shape index (κ3) is 32.4. The zero-order chi connectivity index (χ0) is 35.7. The molecule has 0 bridgehead atoms. The Balaban J connectivity index is -0.000000668. The van der Waals surface area contributed by atoms with Crippen LogP contribution in [0.15, 0.2) is 65.7 Å². The Morgan fingerprint density at radius 2 is 1.19 bits per heavy atom. The van der Waals surface area contributed by atoms with Crippen molar-refractivity contribution >= 4 is 18.5 Å². The van der Waals surface area contributed by atoms with Gasteiger partial charge in [-0.1, -0.05) is 95.8 Å². The Bertz CT molecular complexity index is 1040. The lowest BCUT2D eigenvalue weighted by molar-refractivity contribution is -0.102. The van der Waals surface area contributed by atoms with Crippen LogP contribution in [0.3, 0.4) is 0 Å². The molecular weight excluding hydrogens is 600 g/mol. The second kappa shape index (κ2) is 33.4. The van der Waals surface area contributed by atoms with E-state index in [1.165, 1.54) is 17.3 Å². The quantitative estimate of drug-likeness (QED) is 0.0447. The number of rotatable bonds is 20. The van der Waals surface area contributed by atoms with Gasteiger partial charge in [0.25, 0.3) is 0 Å². The van der Waals surface area contributed by atoms with Crippen LogP contribution in [0.2, 0.25) is 0 Å². The lowest BCUT2D eigenvalue weighted by Gasteiger charge is -2.21. The van der Waals surface area contributed by atoms with Crippen LogP contribution in [0.25, 0.3) is 0 Å². The van der Waals surface area contributed by atoms with Gasteiger partial charge in [0.1, 0.15) is 0 Å². The van der Waals surface area contributed by atoms with Crippen LogP contribution in [-0.4, -0.2) is 68.1 Å². The van der Waals surface area contributed by atoms with E-state index >= 15 is 0 Å². The fourth-order valence-electron chi connectivity index (χ4n) is 4.17. The van der Waals surface area contributed by atoms with Crippen LogP contribution < -0.4 is 16.4 Å². The molecule has 0 saturated carbocycles. The summed E-state index contributed by atoms with van der Waals surface area (Å²) < 4.78 is 0. The van der Waals surface area contributed by atoms with Gasteiger partial charge < -0.3 is 26.6 Å².